The molecule has 132 valence electrons. The minimum Gasteiger partial charge on any atom is -0.309 e. The van der Waals surface area contributed by atoms with Gasteiger partial charge in [0.05, 0.1) is 9.58 Å². The maximum Gasteiger partial charge on any atom is 0.270 e. The lowest BCUT2D eigenvalue weighted by molar-refractivity contribution is 0.0990. The van der Waals surface area contributed by atoms with Crippen molar-refractivity contribution in [3.8, 4) is 0 Å². The Hall–Kier alpha value is -1.90. The molecule has 0 fully saturated rings. The van der Waals surface area contributed by atoms with E-state index >= 15 is 0 Å². The molecule has 0 unspecified atom stereocenters. The van der Waals surface area contributed by atoms with Crippen LogP contribution in [0.25, 0.3) is 10.2 Å². The average Bonchev–Trinajstić information content (AvgIpc) is 3.20. The molecule has 3 aromatic rings. The van der Waals surface area contributed by atoms with E-state index in [0.717, 1.165) is 30.4 Å². The number of thiazole rings is 1. The van der Waals surface area contributed by atoms with Gasteiger partial charge >= 0.3 is 0 Å². The van der Waals surface area contributed by atoms with Gasteiger partial charge in [0.15, 0.2) is 10.9 Å². The van der Waals surface area contributed by atoms with Gasteiger partial charge in [-0.2, -0.15) is 0 Å². The van der Waals surface area contributed by atoms with Crippen LogP contribution in [0.2, 0.25) is 0 Å². The first-order valence-corrected chi connectivity index (χ1v) is 9.41. The van der Waals surface area contributed by atoms with Crippen LogP contribution >= 0.6 is 22.7 Å². The van der Waals surface area contributed by atoms with Crippen molar-refractivity contribution < 1.29 is 13.6 Å². The van der Waals surface area contributed by atoms with E-state index in [0.29, 0.717) is 21.3 Å². The Morgan fingerprint density at radius 2 is 2.04 bits per heavy atom. The molecule has 0 atom stereocenters. The summed E-state index contributed by atoms with van der Waals surface area (Å²) in [5, 5.41) is 2.22. The Balaban J connectivity index is 1.95. The van der Waals surface area contributed by atoms with Crippen LogP contribution in [0.15, 0.2) is 29.6 Å². The van der Waals surface area contributed by atoms with Crippen molar-refractivity contribution in [3.63, 3.8) is 0 Å². The van der Waals surface area contributed by atoms with Gasteiger partial charge in [-0.15, -0.1) is 11.3 Å². The average molecular weight is 381 g/mol. The predicted octanol–water partition coefficient (Wildman–Crippen LogP) is 4.23. The molecule has 0 aliphatic heterocycles. The first-order chi connectivity index (χ1) is 12.0. The third-order valence-corrected chi connectivity index (χ3v) is 5.48. The van der Waals surface area contributed by atoms with Gasteiger partial charge in [-0.1, -0.05) is 17.4 Å². The molecule has 0 radical (unpaired) electrons. The van der Waals surface area contributed by atoms with E-state index < -0.39 is 11.6 Å². The van der Waals surface area contributed by atoms with Gasteiger partial charge in [-0.05, 0) is 44.6 Å². The third kappa shape index (κ3) is 4.02. The summed E-state index contributed by atoms with van der Waals surface area (Å²) in [5.41, 5.74) is 0.0954. The fourth-order valence-electron chi connectivity index (χ4n) is 2.42. The van der Waals surface area contributed by atoms with Gasteiger partial charge in [0, 0.05) is 12.6 Å². The van der Waals surface area contributed by atoms with Crippen molar-refractivity contribution in [2.45, 2.75) is 6.42 Å². The number of halogens is 2. The van der Waals surface area contributed by atoms with Gasteiger partial charge in [0.2, 0.25) is 0 Å². The van der Waals surface area contributed by atoms with Crippen molar-refractivity contribution in [2.75, 3.05) is 32.1 Å². The van der Waals surface area contributed by atoms with Gasteiger partial charge in [-0.25, -0.2) is 13.8 Å². The molecule has 25 heavy (non-hydrogen) atoms. The Morgan fingerprint density at radius 1 is 1.24 bits per heavy atom. The molecule has 2 aromatic heterocycles. The highest BCUT2D eigenvalue weighted by Crippen LogP contribution is 2.32. The molecule has 0 spiro atoms. The van der Waals surface area contributed by atoms with Crippen LogP contribution in [0, 0.1) is 11.6 Å². The molecule has 0 aliphatic rings. The summed E-state index contributed by atoms with van der Waals surface area (Å²) in [6, 6.07) is 5.61. The van der Waals surface area contributed by atoms with E-state index in [4.69, 9.17) is 0 Å². The number of nitrogens with zero attached hydrogens (tertiary/aromatic N) is 3. The molecular weight excluding hydrogens is 364 g/mol. The minimum absolute atomic E-state index is 0.0954. The van der Waals surface area contributed by atoms with Gasteiger partial charge in [0.1, 0.15) is 11.3 Å². The summed E-state index contributed by atoms with van der Waals surface area (Å²) < 4.78 is 27.8. The number of hydrogen-bond donors (Lipinski definition) is 0. The van der Waals surface area contributed by atoms with E-state index in [1.54, 1.807) is 11.0 Å². The number of benzene rings is 1. The summed E-state index contributed by atoms with van der Waals surface area (Å²) in [6.45, 7) is 1.26. The van der Waals surface area contributed by atoms with E-state index in [1.165, 1.54) is 17.4 Å². The number of hydrogen-bond acceptors (Lipinski definition) is 5. The number of amides is 1. The number of rotatable bonds is 6. The van der Waals surface area contributed by atoms with Crippen molar-refractivity contribution in [1.29, 1.82) is 0 Å². The van der Waals surface area contributed by atoms with Crippen LogP contribution in [-0.4, -0.2) is 43.0 Å². The fourth-order valence-corrected chi connectivity index (χ4v) is 4.12. The van der Waals surface area contributed by atoms with Crippen LogP contribution in [0.5, 0.6) is 0 Å². The topological polar surface area (TPSA) is 36.4 Å². The van der Waals surface area contributed by atoms with Gasteiger partial charge in [0.25, 0.3) is 5.91 Å². The third-order valence-electron chi connectivity index (χ3n) is 3.60. The van der Waals surface area contributed by atoms with Crippen molar-refractivity contribution in [2.24, 2.45) is 0 Å². The molecule has 1 aromatic carbocycles. The first kappa shape index (κ1) is 17.9. The highest BCUT2D eigenvalue weighted by atomic mass is 32.1. The second-order valence-corrected chi connectivity index (χ2v) is 7.78. The molecule has 8 heteroatoms. The van der Waals surface area contributed by atoms with Gasteiger partial charge in [-0.3, -0.25) is 9.69 Å². The summed E-state index contributed by atoms with van der Waals surface area (Å²) in [5.74, 6) is -1.54. The quantitative estimate of drug-likeness (QED) is 0.641. The fraction of sp³-hybridized carbons (Fsp3) is 0.294. The molecule has 2 heterocycles. The second-order valence-electron chi connectivity index (χ2n) is 5.82. The largest absolute Gasteiger partial charge is 0.309 e. The Bertz CT molecular complexity index is 878. The maximum absolute atomic E-state index is 14.0. The number of carbonyl (C=O) groups excluding carboxylic acids is 1. The first-order valence-electron chi connectivity index (χ1n) is 7.71. The Morgan fingerprint density at radius 3 is 2.72 bits per heavy atom. The lowest BCUT2D eigenvalue weighted by Crippen LogP contribution is -2.32. The zero-order valence-electron chi connectivity index (χ0n) is 13.8. The molecule has 0 N–H and O–H groups in total. The number of fused-ring (bicyclic) bond motifs is 1. The van der Waals surface area contributed by atoms with Crippen LogP contribution in [-0.2, 0) is 0 Å². The van der Waals surface area contributed by atoms with Crippen LogP contribution in [0.4, 0.5) is 13.9 Å². The van der Waals surface area contributed by atoms with Crippen LogP contribution < -0.4 is 4.90 Å². The molecule has 3 rings (SSSR count). The minimum atomic E-state index is -0.714. The molecule has 0 aliphatic carbocycles. The van der Waals surface area contributed by atoms with Crippen LogP contribution in [0.1, 0.15) is 16.1 Å². The van der Waals surface area contributed by atoms with Crippen molar-refractivity contribution in [3.05, 3.63) is 46.2 Å². The summed E-state index contributed by atoms with van der Waals surface area (Å²) in [6.07, 6.45) is 0.747. The zero-order valence-corrected chi connectivity index (χ0v) is 15.5. The predicted molar refractivity (Wildman–Crippen MR) is 98.7 cm³/mol. The lowest BCUT2D eigenvalue weighted by atomic mass is 10.3. The van der Waals surface area contributed by atoms with E-state index in [9.17, 15) is 13.6 Å². The number of carbonyl (C=O) groups is 1. The molecule has 4 nitrogen and oxygen atoms in total. The van der Waals surface area contributed by atoms with E-state index in [1.807, 2.05) is 30.4 Å². The standard InChI is InChI=1S/C17H17F2N3OS2/c1-21(2)6-4-7-22(16(23)13-5-3-8-24-13)17-20-15-12(19)9-11(18)10-14(15)25-17/h3,5,8-10H,4,6-7H2,1-2H3. The summed E-state index contributed by atoms with van der Waals surface area (Å²) in [4.78, 5) is 21.3. The summed E-state index contributed by atoms with van der Waals surface area (Å²) in [7, 11) is 3.92. The molecule has 0 bridgehead atoms. The Kier molecular flexibility index (Phi) is 5.41. The van der Waals surface area contributed by atoms with Crippen LogP contribution in [0.3, 0.4) is 0 Å². The molecular formula is C17H17F2N3OS2. The molecule has 0 saturated carbocycles. The monoisotopic (exact) mass is 381 g/mol. The lowest BCUT2D eigenvalue weighted by Gasteiger charge is -2.20. The number of aromatic nitrogens is 1. The normalized spacial score (nSPS) is 11.4. The van der Waals surface area contributed by atoms with E-state index in [2.05, 4.69) is 4.98 Å². The summed E-state index contributed by atoms with van der Waals surface area (Å²) >= 11 is 2.47. The number of anilines is 1. The zero-order chi connectivity index (χ0) is 18.0. The molecule has 0 saturated heterocycles. The number of thiophene rings is 1. The second kappa shape index (κ2) is 7.55. The highest BCUT2D eigenvalue weighted by Gasteiger charge is 2.23. The maximum atomic E-state index is 14.0. The molecule has 1 amide bonds. The van der Waals surface area contributed by atoms with E-state index in [-0.39, 0.29) is 11.4 Å². The smallest absolute Gasteiger partial charge is 0.270 e. The highest BCUT2D eigenvalue weighted by molar-refractivity contribution is 7.22. The van der Waals surface area contributed by atoms with Crippen molar-refractivity contribution >= 4 is 43.9 Å². The van der Waals surface area contributed by atoms with Gasteiger partial charge < -0.3 is 4.90 Å². The Labute approximate surface area is 152 Å². The SMILES string of the molecule is CN(C)CCCN(C(=O)c1cccs1)c1nc2c(F)cc(F)cc2s1. The van der Waals surface area contributed by atoms with Crippen molar-refractivity contribution in [1.82, 2.24) is 9.88 Å².